The summed E-state index contributed by atoms with van der Waals surface area (Å²) in [4.78, 5) is 11.5. The molecule has 1 aliphatic carbocycles. The van der Waals surface area contributed by atoms with Gasteiger partial charge in [-0.2, -0.15) is 0 Å². The van der Waals surface area contributed by atoms with Crippen molar-refractivity contribution in [2.45, 2.75) is 38.1 Å². The van der Waals surface area contributed by atoms with Gasteiger partial charge in [0.15, 0.2) is 0 Å². The summed E-state index contributed by atoms with van der Waals surface area (Å²) in [6.45, 7) is 0.737. The standard InChI is InChI=1S/C13H15NO/c15-13-11-7-3-6-10(12(11)8-14-13)9-4-1-2-5-9/h3,6-7,9H,1-2,4-5,8H2,(H,14,15). The van der Waals surface area contributed by atoms with E-state index in [1.165, 1.54) is 36.8 Å². The zero-order chi connectivity index (χ0) is 10.3. The Morgan fingerprint density at radius 3 is 2.80 bits per heavy atom. The van der Waals surface area contributed by atoms with Crippen LogP contribution in [0.4, 0.5) is 0 Å². The van der Waals surface area contributed by atoms with Crippen LogP contribution >= 0.6 is 0 Å². The van der Waals surface area contributed by atoms with Crippen molar-refractivity contribution >= 4 is 5.91 Å². The molecule has 2 aliphatic rings. The predicted molar refractivity (Wildman–Crippen MR) is 58.8 cm³/mol. The Kier molecular flexibility index (Phi) is 2.01. The molecule has 0 saturated heterocycles. The summed E-state index contributed by atoms with van der Waals surface area (Å²) in [6.07, 6.45) is 5.28. The van der Waals surface area contributed by atoms with Gasteiger partial charge in [-0.05, 0) is 36.0 Å². The average Bonchev–Trinajstić information content (AvgIpc) is 2.88. The van der Waals surface area contributed by atoms with Crippen LogP contribution in [-0.4, -0.2) is 5.91 Å². The summed E-state index contributed by atoms with van der Waals surface area (Å²) in [5.74, 6) is 0.803. The molecule has 3 rings (SSSR count). The van der Waals surface area contributed by atoms with Gasteiger partial charge in [0.2, 0.25) is 0 Å². The number of carbonyl (C=O) groups excluding carboxylic acids is 1. The summed E-state index contributed by atoms with van der Waals surface area (Å²) < 4.78 is 0. The molecule has 0 atom stereocenters. The van der Waals surface area contributed by atoms with Gasteiger partial charge in [-0.3, -0.25) is 4.79 Å². The van der Waals surface area contributed by atoms with Crippen LogP contribution in [0.1, 0.15) is 53.1 Å². The predicted octanol–water partition coefficient (Wildman–Crippen LogP) is 2.59. The minimum atomic E-state index is 0.102. The monoisotopic (exact) mass is 201 g/mol. The molecular formula is C13H15NO. The van der Waals surface area contributed by atoms with E-state index in [0.717, 1.165) is 12.1 Å². The lowest BCUT2D eigenvalue weighted by Gasteiger charge is -2.13. The van der Waals surface area contributed by atoms with Crippen LogP contribution in [0.3, 0.4) is 0 Å². The number of hydrogen-bond donors (Lipinski definition) is 1. The van der Waals surface area contributed by atoms with Crippen LogP contribution in [0, 0.1) is 0 Å². The van der Waals surface area contributed by atoms with Gasteiger partial charge in [-0.25, -0.2) is 0 Å². The Morgan fingerprint density at radius 1 is 1.20 bits per heavy atom. The number of hydrogen-bond acceptors (Lipinski definition) is 1. The SMILES string of the molecule is O=C1NCc2c1cccc2C1CCCC1. The van der Waals surface area contributed by atoms with Gasteiger partial charge < -0.3 is 5.32 Å². The Labute approximate surface area is 89.7 Å². The third kappa shape index (κ3) is 1.36. The first-order valence-electron chi connectivity index (χ1n) is 5.76. The third-order valence-electron chi connectivity index (χ3n) is 3.68. The molecule has 0 bridgehead atoms. The molecule has 0 aromatic heterocycles. The zero-order valence-electron chi connectivity index (χ0n) is 8.75. The Morgan fingerprint density at radius 2 is 2.00 bits per heavy atom. The normalized spacial score (nSPS) is 20.4. The number of amides is 1. The van der Waals surface area contributed by atoms with Crippen molar-refractivity contribution < 1.29 is 4.79 Å². The summed E-state index contributed by atoms with van der Waals surface area (Å²) in [5.41, 5.74) is 3.58. The van der Waals surface area contributed by atoms with Gasteiger partial charge in [-0.1, -0.05) is 25.0 Å². The van der Waals surface area contributed by atoms with E-state index in [9.17, 15) is 4.79 Å². The number of fused-ring (bicyclic) bond motifs is 1. The Hall–Kier alpha value is -1.31. The van der Waals surface area contributed by atoms with E-state index in [-0.39, 0.29) is 5.91 Å². The summed E-state index contributed by atoms with van der Waals surface area (Å²) >= 11 is 0. The van der Waals surface area contributed by atoms with Crippen molar-refractivity contribution in [1.82, 2.24) is 5.32 Å². The maximum atomic E-state index is 11.5. The van der Waals surface area contributed by atoms with Crippen molar-refractivity contribution in [2.75, 3.05) is 0 Å². The molecule has 1 aromatic carbocycles. The molecular weight excluding hydrogens is 186 g/mol. The van der Waals surface area contributed by atoms with E-state index in [4.69, 9.17) is 0 Å². The number of carbonyl (C=O) groups is 1. The quantitative estimate of drug-likeness (QED) is 0.743. The first kappa shape index (κ1) is 8.96. The fourth-order valence-electron chi connectivity index (χ4n) is 2.90. The smallest absolute Gasteiger partial charge is 0.251 e. The van der Waals surface area contributed by atoms with E-state index >= 15 is 0 Å². The van der Waals surface area contributed by atoms with Crippen molar-refractivity contribution in [3.8, 4) is 0 Å². The minimum Gasteiger partial charge on any atom is -0.348 e. The van der Waals surface area contributed by atoms with Crippen LogP contribution in [0.2, 0.25) is 0 Å². The molecule has 2 heteroatoms. The molecule has 1 aromatic rings. The minimum absolute atomic E-state index is 0.102. The highest BCUT2D eigenvalue weighted by molar-refractivity contribution is 5.98. The lowest BCUT2D eigenvalue weighted by molar-refractivity contribution is 0.0966. The molecule has 1 N–H and O–H groups in total. The number of nitrogens with one attached hydrogen (secondary N) is 1. The summed E-state index contributed by atoms with van der Waals surface area (Å²) in [5, 5.41) is 2.91. The molecule has 1 aliphatic heterocycles. The fourth-order valence-corrected chi connectivity index (χ4v) is 2.90. The Bertz CT molecular complexity index is 405. The highest BCUT2D eigenvalue weighted by Gasteiger charge is 2.26. The number of rotatable bonds is 1. The summed E-state index contributed by atoms with van der Waals surface area (Å²) in [7, 11) is 0. The lowest BCUT2D eigenvalue weighted by Crippen LogP contribution is -2.12. The van der Waals surface area contributed by atoms with Crippen molar-refractivity contribution in [2.24, 2.45) is 0 Å². The molecule has 15 heavy (non-hydrogen) atoms. The first-order valence-corrected chi connectivity index (χ1v) is 5.76. The molecule has 1 amide bonds. The summed E-state index contributed by atoms with van der Waals surface area (Å²) in [6, 6.07) is 6.17. The number of benzene rings is 1. The van der Waals surface area contributed by atoms with Crippen LogP contribution in [0.25, 0.3) is 0 Å². The molecule has 0 unspecified atom stereocenters. The lowest BCUT2D eigenvalue weighted by atomic mass is 9.91. The topological polar surface area (TPSA) is 29.1 Å². The molecule has 78 valence electrons. The van der Waals surface area contributed by atoms with Gasteiger partial charge in [0.05, 0.1) is 0 Å². The van der Waals surface area contributed by atoms with Crippen molar-refractivity contribution in [1.29, 1.82) is 0 Å². The van der Waals surface area contributed by atoms with Crippen LogP contribution in [-0.2, 0) is 6.54 Å². The van der Waals surface area contributed by atoms with Gasteiger partial charge in [0, 0.05) is 12.1 Å². The van der Waals surface area contributed by atoms with Crippen LogP contribution in [0.15, 0.2) is 18.2 Å². The van der Waals surface area contributed by atoms with E-state index in [1.807, 2.05) is 12.1 Å². The second-order valence-electron chi connectivity index (χ2n) is 4.54. The van der Waals surface area contributed by atoms with Crippen molar-refractivity contribution in [3.63, 3.8) is 0 Å². The molecule has 0 radical (unpaired) electrons. The molecule has 0 spiro atoms. The average molecular weight is 201 g/mol. The fraction of sp³-hybridized carbons (Fsp3) is 0.462. The molecule has 1 saturated carbocycles. The largest absolute Gasteiger partial charge is 0.348 e. The maximum absolute atomic E-state index is 11.5. The van der Waals surface area contributed by atoms with Crippen LogP contribution in [0.5, 0.6) is 0 Å². The second kappa shape index (κ2) is 3.37. The zero-order valence-corrected chi connectivity index (χ0v) is 8.75. The highest BCUT2D eigenvalue weighted by Crippen LogP contribution is 2.37. The van der Waals surface area contributed by atoms with Crippen LogP contribution < -0.4 is 5.32 Å². The van der Waals surface area contributed by atoms with E-state index in [0.29, 0.717) is 5.92 Å². The van der Waals surface area contributed by atoms with Gasteiger partial charge >= 0.3 is 0 Å². The highest BCUT2D eigenvalue weighted by atomic mass is 16.1. The first-order chi connectivity index (χ1) is 7.36. The maximum Gasteiger partial charge on any atom is 0.251 e. The molecule has 2 nitrogen and oxygen atoms in total. The van der Waals surface area contributed by atoms with Gasteiger partial charge in [0.25, 0.3) is 5.91 Å². The van der Waals surface area contributed by atoms with Crippen molar-refractivity contribution in [3.05, 3.63) is 34.9 Å². The Balaban J connectivity index is 2.05. The van der Waals surface area contributed by atoms with E-state index in [2.05, 4.69) is 11.4 Å². The second-order valence-corrected chi connectivity index (χ2v) is 4.54. The van der Waals surface area contributed by atoms with Gasteiger partial charge in [-0.15, -0.1) is 0 Å². The molecule has 1 heterocycles. The van der Waals surface area contributed by atoms with E-state index < -0.39 is 0 Å². The van der Waals surface area contributed by atoms with E-state index in [1.54, 1.807) is 0 Å². The third-order valence-corrected chi connectivity index (χ3v) is 3.68. The van der Waals surface area contributed by atoms with Gasteiger partial charge in [0.1, 0.15) is 0 Å². The molecule has 1 fully saturated rings.